The summed E-state index contributed by atoms with van der Waals surface area (Å²) < 4.78 is 5.64. The molecule has 0 radical (unpaired) electrons. The van der Waals surface area contributed by atoms with Crippen molar-refractivity contribution < 1.29 is 9.53 Å². The van der Waals surface area contributed by atoms with Gasteiger partial charge in [-0.1, -0.05) is 37.6 Å². The molecule has 2 aromatic rings. The first-order valence-electron chi connectivity index (χ1n) is 8.52. The van der Waals surface area contributed by atoms with Gasteiger partial charge in [-0.15, -0.1) is 0 Å². The van der Waals surface area contributed by atoms with Gasteiger partial charge >= 0.3 is 0 Å². The van der Waals surface area contributed by atoms with Crippen LogP contribution in [-0.4, -0.2) is 19.1 Å². The Balaban J connectivity index is 1.75. The summed E-state index contributed by atoms with van der Waals surface area (Å²) in [4.78, 5) is 12.1. The van der Waals surface area contributed by atoms with Crippen molar-refractivity contribution in [3.05, 3.63) is 65.2 Å². The minimum atomic E-state index is -0.0573. The van der Waals surface area contributed by atoms with Crippen LogP contribution in [0.5, 0.6) is 5.75 Å². The van der Waals surface area contributed by atoms with Crippen LogP contribution < -0.4 is 15.8 Å². The maximum atomic E-state index is 12.1. The summed E-state index contributed by atoms with van der Waals surface area (Å²) >= 11 is 0. The monoisotopic (exact) mass is 326 g/mol. The Labute approximate surface area is 144 Å². The third-order valence-corrected chi connectivity index (χ3v) is 3.84. The van der Waals surface area contributed by atoms with E-state index in [4.69, 9.17) is 10.5 Å². The van der Waals surface area contributed by atoms with Crippen molar-refractivity contribution in [2.45, 2.75) is 32.7 Å². The molecule has 2 aromatic carbocycles. The van der Waals surface area contributed by atoms with E-state index in [-0.39, 0.29) is 5.91 Å². The highest BCUT2D eigenvalue weighted by Crippen LogP contribution is 2.13. The van der Waals surface area contributed by atoms with Gasteiger partial charge in [-0.05, 0) is 48.2 Å². The lowest BCUT2D eigenvalue weighted by atomic mass is 10.1. The van der Waals surface area contributed by atoms with E-state index in [1.54, 1.807) is 12.1 Å². The highest BCUT2D eigenvalue weighted by atomic mass is 16.5. The zero-order valence-corrected chi connectivity index (χ0v) is 14.3. The van der Waals surface area contributed by atoms with Gasteiger partial charge in [-0.2, -0.15) is 0 Å². The smallest absolute Gasteiger partial charge is 0.251 e. The van der Waals surface area contributed by atoms with Gasteiger partial charge in [-0.25, -0.2) is 0 Å². The number of carbonyl (C=O) groups is 1. The molecule has 128 valence electrons. The first-order valence-corrected chi connectivity index (χ1v) is 8.52. The Morgan fingerprint density at radius 2 is 1.71 bits per heavy atom. The van der Waals surface area contributed by atoms with Crippen molar-refractivity contribution in [3.63, 3.8) is 0 Å². The van der Waals surface area contributed by atoms with Crippen molar-refractivity contribution in [2.24, 2.45) is 5.73 Å². The first kappa shape index (κ1) is 18.0. The highest BCUT2D eigenvalue weighted by Gasteiger charge is 2.04. The van der Waals surface area contributed by atoms with Crippen LogP contribution in [0.15, 0.2) is 48.5 Å². The normalized spacial score (nSPS) is 10.4. The van der Waals surface area contributed by atoms with E-state index in [2.05, 4.69) is 12.2 Å². The summed E-state index contributed by atoms with van der Waals surface area (Å²) in [5.74, 6) is 0.842. The molecule has 3 N–H and O–H groups in total. The lowest BCUT2D eigenvalue weighted by molar-refractivity contribution is 0.0954. The number of nitrogens with two attached hydrogens (primary N) is 1. The van der Waals surface area contributed by atoms with Crippen molar-refractivity contribution >= 4 is 5.91 Å². The number of nitrogens with one attached hydrogen (secondary N) is 1. The van der Waals surface area contributed by atoms with Gasteiger partial charge in [0.25, 0.3) is 5.91 Å². The molecule has 0 aliphatic rings. The van der Waals surface area contributed by atoms with Crippen LogP contribution in [0, 0.1) is 0 Å². The number of hydrogen-bond donors (Lipinski definition) is 2. The van der Waals surface area contributed by atoms with E-state index < -0.39 is 0 Å². The lowest BCUT2D eigenvalue weighted by Crippen LogP contribution is -2.25. The standard InChI is InChI=1S/C20H26N2O2/c1-2-3-14-24-19-10-6-16(7-11-19)12-13-22-20(23)18-8-4-17(15-21)5-9-18/h4-11H,2-3,12-15,21H2,1H3,(H,22,23). The first-order chi connectivity index (χ1) is 11.7. The van der Waals surface area contributed by atoms with Gasteiger partial charge in [-0.3, -0.25) is 4.79 Å². The summed E-state index contributed by atoms with van der Waals surface area (Å²) in [6.45, 7) is 4.00. The van der Waals surface area contributed by atoms with E-state index in [9.17, 15) is 4.79 Å². The van der Waals surface area contributed by atoms with Crippen LogP contribution in [0.4, 0.5) is 0 Å². The van der Waals surface area contributed by atoms with Gasteiger partial charge in [0.05, 0.1) is 6.61 Å². The molecule has 0 fully saturated rings. The van der Waals surface area contributed by atoms with Gasteiger partial charge in [0.1, 0.15) is 5.75 Å². The molecule has 1 amide bonds. The maximum Gasteiger partial charge on any atom is 0.251 e. The molecule has 2 rings (SSSR count). The third-order valence-electron chi connectivity index (χ3n) is 3.84. The van der Waals surface area contributed by atoms with Crippen LogP contribution in [0.3, 0.4) is 0 Å². The number of amides is 1. The van der Waals surface area contributed by atoms with Crippen molar-refractivity contribution in [3.8, 4) is 5.75 Å². The average molecular weight is 326 g/mol. The molecule has 0 saturated heterocycles. The van der Waals surface area contributed by atoms with Crippen molar-refractivity contribution in [2.75, 3.05) is 13.2 Å². The Bertz CT molecular complexity index is 621. The fourth-order valence-electron chi connectivity index (χ4n) is 2.30. The summed E-state index contributed by atoms with van der Waals surface area (Å²) in [6, 6.07) is 15.4. The second-order valence-corrected chi connectivity index (χ2v) is 5.75. The van der Waals surface area contributed by atoms with E-state index >= 15 is 0 Å². The number of hydrogen-bond acceptors (Lipinski definition) is 3. The largest absolute Gasteiger partial charge is 0.494 e. The van der Waals surface area contributed by atoms with Crippen molar-refractivity contribution in [1.29, 1.82) is 0 Å². The highest BCUT2D eigenvalue weighted by molar-refractivity contribution is 5.94. The van der Waals surface area contributed by atoms with Crippen LogP contribution in [0.25, 0.3) is 0 Å². The van der Waals surface area contributed by atoms with E-state index in [0.717, 1.165) is 37.2 Å². The third kappa shape index (κ3) is 5.70. The molecular formula is C20H26N2O2. The second-order valence-electron chi connectivity index (χ2n) is 5.75. The molecule has 4 nitrogen and oxygen atoms in total. The summed E-state index contributed by atoms with van der Waals surface area (Å²) in [5.41, 5.74) is 8.41. The molecule has 0 unspecified atom stereocenters. The zero-order valence-electron chi connectivity index (χ0n) is 14.3. The number of benzene rings is 2. The van der Waals surface area contributed by atoms with Gasteiger partial charge in [0, 0.05) is 18.7 Å². The molecule has 0 atom stereocenters. The Kier molecular flexibility index (Phi) is 7.30. The lowest BCUT2D eigenvalue weighted by Gasteiger charge is -2.08. The van der Waals surface area contributed by atoms with Crippen LogP contribution in [0.1, 0.15) is 41.3 Å². The van der Waals surface area contributed by atoms with Crippen LogP contribution in [-0.2, 0) is 13.0 Å². The molecular weight excluding hydrogens is 300 g/mol. The van der Waals surface area contributed by atoms with Gasteiger partial charge < -0.3 is 15.8 Å². The van der Waals surface area contributed by atoms with E-state index in [1.165, 1.54) is 5.56 Å². The summed E-state index contributed by atoms with van der Waals surface area (Å²) in [6.07, 6.45) is 2.99. The quantitative estimate of drug-likeness (QED) is 0.695. The predicted molar refractivity (Wildman–Crippen MR) is 97.2 cm³/mol. The molecule has 0 saturated carbocycles. The van der Waals surface area contributed by atoms with Crippen LogP contribution >= 0.6 is 0 Å². The topological polar surface area (TPSA) is 64.3 Å². The molecule has 24 heavy (non-hydrogen) atoms. The number of ether oxygens (including phenoxy) is 1. The average Bonchev–Trinajstić information content (AvgIpc) is 2.63. The molecule has 0 aromatic heterocycles. The molecule has 0 heterocycles. The Hall–Kier alpha value is -2.33. The number of unbranched alkanes of at least 4 members (excludes halogenated alkanes) is 1. The molecule has 0 aliphatic heterocycles. The zero-order chi connectivity index (χ0) is 17.2. The predicted octanol–water partition coefficient (Wildman–Crippen LogP) is 3.30. The fraction of sp³-hybridized carbons (Fsp3) is 0.350. The SMILES string of the molecule is CCCCOc1ccc(CCNC(=O)c2ccc(CN)cc2)cc1. The van der Waals surface area contributed by atoms with Gasteiger partial charge in [0.15, 0.2) is 0 Å². The number of carbonyl (C=O) groups excluding carboxylic acids is 1. The minimum absolute atomic E-state index is 0.0573. The van der Waals surface area contributed by atoms with Gasteiger partial charge in [0.2, 0.25) is 0 Å². The molecule has 0 bridgehead atoms. The van der Waals surface area contributed by atoms with E-state index in [1.807, 2.05) is 36.4 Å². The second kappa shape index (κ2) is 9.73. The summed E-state index contributed by atoms with van der Waals surface area (Å²) in [7, 11) is 0. The van der Waals surface area contributed by atoms with Crippen LogP contribution in [0.2, 0.25) is 0 Å². The molecule has 4 heteroatoms. The minimum Gasteiger partial charge on any atom is -0.494 e. The fourth-order valence-corrected chi connectivity index (χ4v) is 2.30. The van der Waals surface area contributed by atoms with E-state index in [0.29, 0.717) is 18.7 Å². The number of rotatable bonds is 9. The molecule has 0 aliphatic carbocycles. The van der Waals surface area contributed by atoms with Crippen molar-refractivity contribution in [1.82, 2.24) is 5.32 Å². The molecule has 0 spiro atoms. The Morgan fingerprint density at radius 1 is 1.04 bits per heavy atom. The Morgan fingerprint density at radius 3 is 2.33 bits per heavy atom. The maximum absolute atomic E-state index is 12.1. The summed E-state index contributed by atoms with van der Waals surface area (Å²) in [5, 5.41) is 2.94.